The van der Waals surface area contributed by atoms with Crippen molar-refractivity contribution in [1.29, 1.82) is 5.26 Å². The van der Waals surface area contributed by atoms with Crippen LogP contribution in [0, 0.1) is 24.1 Å². The van der Waals surface area contributed by atoms with Gasteiger partial charge >= 0.3 is 0 Å². The van der Waals surface area contributed by atoms with E-state index in [0.29, 0.717) is 28.8 Å². The number of carbonyl (C=O) groups is 1. The summed E-state index contributed by atoms with van der Waals surface area (Å²) in [7, 11) is 1.65. The van der Waals surface area contributed by atoms with E-state index < -0.39 is 0 Å². The highest BCUT2D eigenvalue weighted by Crippen LogP contribution is 2.33. The molecule has 0 N–H and O–H groups in total. The van der Waals surface area contributed by atoms with Gasteiger partial charge in [0.1, 0.15) is 5.82 Å². The number of thiophene rings is 1. The Kier molecular flexibility index (Phi) is 3.82. The van der Waals surface area contributed by atoms with Crippen molar-refractivity contribution in [3.8, 4) is 6.07 Å². The molecule has 0 aliphatic rings. The molecule has 1 heterocycles. The Bertz CT molecular complexity index is 672. The van der Waals surface area contributed by atoms with Gasteiger partial charge in [-0.1, -0.05) is 6.07 Å². The molecule has 3 nitrogen and oxygen atoms in total. The summed E-state index contributed by atoms with van der Waals surface area (Å²) in [4.78, 5) is 14.3. The van der Waals surface area contributed by atoms with Crippen molar-refractivity contribution in [3.63, 3.8) is 0 Å². The van der Waals surface area contributed by atoms with E-state index in [0.717, 1.165) is 4.70 Å². The SMILES string of the molecule is Cc1c(C(=O)N(C)CCC#N)sc2cccc(F)c12. The molecular weight excluding hydrogens is 263 g/mol. The molecule has 19 heavy (non-hydrogen) atoms. The van der Waals surface area contributed by atoms with Crippen LogP contribution in [0.3, 0.4) is 0 Å². The Morgan fingerprint density at radius 2 is 2.26 bits per heavy atom. The van der Waals surface area contributed by atoms with Crippen LogP contribution in [0.15, 0.2) is 18.2 Å². The standard InChI is InChI=1S/C14H13FN2OS/c1-9-12-10(15)5-3-6-11(12)19-13(9)14(18)17(2)8-4-7-16/h3,5-6H,4,8H2,1-2H3. The topological polar surface area (TPSA) is 44.1 Å². The predicted molar refractivity (Wildman–Crippen MR) is 73.7 cm³/mol. The first-order valence-corrected chi connectivity index (χ1v) is 6.68. The molecule has 1 amide bonds. The van der Waals surface area contributed by atoms with Crippen molar-refractivity contribution in [2.24, 2.45) is 0 Å². The van der Waals surface area contributed by atoms with Crippen molar-refractivity contribution in [3.05, 3.63) is 34.5 Å². The van der Waals surface area contributed by atoms with Crippen LogP contribution in [0.2, 0.25) is 0 Å². The highest BCUT2D eigenvalue weighted by Gasteiger charge is 2.20. The fraction of sp³-hybridized carbons (Fsp3) is 0.286. The Morgan fingerprint density at radius 1 is 1.53 bits per heavy atom. The van der Waals surface area contributed by atoms with E-state index in [-0.39, 0.29) is 11.7 Å². The largest absolute Gasteiger partial charge is 0.340 e. The molecule has 0 unspecified atom stereocenters. The van der Waals surface area contributed by atoms with Gasteiger partial charge in [-0.05, 0) is 24.6 Å². The molecule has 2 rings (SSSR count). The third-order valence-electron chi connectivity index (χ3n) is 3.00. The summed E-state index contributed by atoms with van der Waals surface area (Å²) in [5.74, 6) is -0.460. The summed E-state index contributed by atoms with van der Waals surface area (Å²) in [5.41, 5.74) is 0.673. The number of halogens is 1. The number of carbonyl (C=O) groups excluding carboxylic acids is 1. The number of amides is 1. The molecule has 0 aliphatic carbocycles. The lowest BCUT2D eigenvalue weighted by atomic mass is 10.1. The van der Waals surface area contributed by atoms with Gasteiger partial charge in [0, 0.05) is 23.7 Å². The zero-order valence-electron chi connectivity index (χ0n) is 10.7. The summed E-state index contributed by atoms with van der Waals surface area (Å²) < 4.78 is 14.5. The molecule has 0 radical (unpaired) electrons. The Hall–Kier alpha value is -1.93. The quantitative estimate of drug-likeness (QED) is 0.863. The van der Waals surface area contributed by atoms with Crippen LogP contribution in [-0.4, -0.2) is 24.4 Å². The van der Waals surface area contributed by atoms with Gasteiger partial charge in [-0.15, -0.1) is 11.3 Å². The first-order chi connectivity index (χ1) is 9.06. The molecule has 2 aromatic rings. The van der Waals surface area contributed by atoms with Crippen molar-refractivity contribution < 1.29 is 9.18 Å². The summed E-state index contributed by atoms with van der Waals surface area (Å²) in [6.07, 6.45) is 0.292. The van der Waals surface area contributed by atoms with Gasteiger partial charge in [0.25, 0.3) is 5.91 Å². The van der Waals surface area contributed by atoms with E-state index in [9.17, 15) is 9.18 Å². The average Bonchev–Trinajstić information content (AvgIpc) is 2.73. The molecule has 0 spiro atoms. The number of nitrogens with zero attached hydrogens (tertiary/aromatic N) is 2. The maximum Gasteiger partial charge on any atom is 0.264 e. The predicted octanol–water partition coefficient (Wildman–Crippen LogP) is 3.33. The molecule has 0 bridgehead atoms. The highest BCUT2D eigenvalue weighted by atomic mass is 32.1. The van der Waals surface area contributed by atoms with Gasteiger partial charge in [-0.3, -0.25) is 4.79 Å². The lowest BCUT2D eigenvalue weighted by Crippen LogP contribution is -2.27. The minimum atomic E-state index is -0.301. The number of benzene rings is 1. The van der Waals surface area contributed by atoms with E-state index in [2.05, 4.69) is 0 Å². The van der Waals surface area contributed by atoms with Crippen LogP contribution in [0.5, 0.6) is 0 Å². The molecule has 0 fully saturated rings. The van der Waals surface area contributed by atoms with E-state index in [4.69, 9.17) is 5.26 Å². The van der Waals surface area contributed by atoms with Crippen LogP contribution in [0.25, 0.3) is 10.1 Å². The first-order valence-electron chi connectivity index (χ1n) is 5.86. The maximum atomic E-state index is 13.8. The van der Waals surface area contributed by atoms with E-state index in [1.54, 1.807) is 20.0 Å². The molecule has 0 aliphatic heterocycles. The zero-order valence-corrected chi connectivity index (χ0v) is 11.6. The molecule has 5 heteroatoms. The number of hydrogen-bond acceptors (Lipinski definition) is 3. The van der Waals surface area contributed by atoms with E-state index in [1.165, 1.54) is 22.3 Å². The molecule has 98 valence electrons. The lowest BCUT2D eigenvalue weighted by Gasteiger charge is -2.14. The van der Waals surface area contributed by atoms with Gasteiger partial charge in [0.2, 0.25) is 0 Å². The summed E-state index contributed by atoms with van der Waals surface area (Å²) in [6.45, 7) is 2.14. The molecule has 0 saturated carbocycles. The average molecular weight is 276 g/mol. The van der Waals surface area contributed by atoms with Crippen molar-refractivity contribution in [1.82, 2.24) is 4.90 Å². The lowest BCUT2D eigenvalue weighted by molar-refractivity contribution is 0.0802. The van der Waals surface area contributed by atoms with Gasteiger partial charge in [0.15, 0.2) is 0 Å². The molecule has 1 aromatic heterocycles. The second-order valence-corrected chi connectivity index (χ2v) is 5.36. The third-order valence-corrected chi connectivity index (χ3v) is 4.25. The van der Waals surface area contributed by atoms with Crippen molar-refractivity contribution in [2.45, 2.75) is 13.3 Å². The van der Waals surface area contributed by atoms with Crippen LogP contribution >= 0.6 is 11.3 Å². The third kappa shape index (κ3) is 2.45. The molecule has 1 aromatic carbocycles. The molecule has 0 saturated heterocycles. The number of hydrogen-bond donors (Lipinski definition) is 0. The van der Waals surface area contributed by atoms with E-state index in [1.807, 2.05) is 12.1 Å². The fourth-order valence-corrected chi connectivity index (χ4v) is 3.17. The number of nitriles is 1. The maximum absolute atomic E-state index is 13.8. The van der Waals surface area contributed by atoms with Crippen LogP contribution < -0.4 is 0 Å². The monoisotopic (exact) mass is 276 g/mol. The van der Waals surface area contributed by atoms with Crippen LogP contribution in [0.1, 0.15) is 21.7 Å². The van der Waals surface area contributed by atoms with Crippen molar-refractivity contribution >= 4 is 27.3 Å². The van der Waals surface area contributed by atoms with Gasteiger partial charge in [-0.25, -0.2) is 4.39 Å². The zero-order chi connectivity index (χ0) is 14.0. The summed E-state index contributed by atoms with van der Waals surface area (Å²) in [5, 5.41) is 9.06. The fourth-order valence-electron chi connectivity index (χ4n) is 1.95. The number of fused-ring (bicyclic) bond motifs is 1. The number of rotatable bonds is 3. The van der Waals surface area contributed by atoms with E-state index >= 15 is 0 Å². The number of aryl methyl sites for hydroxylation is 1. The summed E-state index contributed by atoms with van der Waals surface area (Å²) in [6, 6.07) is 6.85. The van der Waals surface area contributed by atoms with Crippen LogP contribution in [-0.2, 0) is 0 Å². The second-order valence-electron chi connectivity index (χ2n) is 4.30. The molecule has 0 atom stereocenters. The van der Waals surface area contributed by atoms with Crippen LogP contribution in [0.4, 0.5) is 4.39 Å². The minimum absolute atomic E-state index is 0.159. The molecular formula is C14H13FN2OS. The Labute approximate surface area is 114 Å². The normalized spacial score (nSPS) is 10.4. The van der Waals surface area contributed by atoms with Gasteiger partial charge in [0.05, 0.1) is 17.4 Å². The minimum Gasteiger partial charge on any atom is -0.340 e. The van der Waals surface area contributed by atoms with Crippen molar-refractivity contribution in [2.75, 3.05) is 13.6 Å². The first kappa shape index (κ1) is 13.5. The smallest absolute Gasteiger partial charge is 0.264 e. The van der Waals surface area contributed by atoms with Gasteiger partial charge in [-0.2, -0.15) is 5.26 Å². The highest BCUT2D eigenvalue weighted by molar-refractivity contribution is 7.21. The Morgan fingerprint density at radius 3 is 2.89 bits per heavy atom. The Balaban J connectivity index is 2.41. The summed E-state index contributed by atoms with van der Waals surface area (Å²) >= 11 is 1.29. The van der Waals surface area contributed by atoms with Gasteiger partial charge < -0.3 is 4.90 Å². The second kappa shape index (κ2) is 5.37.